The van der Waals surface area contributed by atoms with Gasteiger partial charge in [-0.25, -0.2) is 4.79 Å². The van der Waals surface area contributed by atoms with E-state index in [1.807, 2.05) is 18.2 Å². The second kappa shape index (κ2) is 10.1. The molecule has 31 heavy (non-hydrogen) atoms. The second-order valence-electron chi connectivity index (χ2n) is 6.44. The molecular formula is C25H22O6. The molecule has 3 aromatic rings. The van der Waals surface area contributed by atoms with Gasteiger partial charge in [0, 0.05) is 5.56 Å². The fourth-order valence-corrected chi connectivity index (χ4v) is 2.88. The molecular weight excluding hydrogens is 396 g/mol. The summed E-state index contributed by atoms with van der Waals surface area (Å²) in [5.41, 5.74) is 1.68. The Morgan fingerprint density at radius 3 is 1.90 bits per heavy atom. The zero-order chi connectivity index (χ0) is 22.2. The third-order valence-corrected chi connectivity index (χ3v) is 4.48. The Kier molecular flexibility index (Phi) is 7.06. The van der Waals surface area contributed by atoms with Gasteiger partial charge in [0.25, 0.3) is 0 Å². The number of esters is 1. The van der Waals surface area contributed by atoms with Gasteiger partial charge in [0.2, 0.25) is 5.75 Å². The molecule has 0 radical (unpaired) electrons. The third-order valence-electron chi connectivity index (χ3n) is 4.48. The predicted octanol–water partition coefficient (Wildman–Crippen LogP) is 4.83. The molecule has 0 spiro atoms. The minimum Gasteiger partial charge on any atom is -0.493 e. The molecule has 0 saturated carbocycles. The molecule has 0 unspecified atom stereocenters. The number of methoxy groups -OCH3 is 3. The molecule has 0 aliphatic carbocycles. The number of ether oxygens (including phenoxy) is 4. The second-order valence-corrected chi connectivity index (χ2v) is 6.44. The molecule has 6 heteroatoms. The number of rotatable bonds is 8. The Balaban J connectivity index is 1.70. The molecule has 0 bridgehead atoms. The molecule has 3 rings (SSSR count). The molecule has 0 saturated heterocycles. The van der Waals surface area contributed by atoms with Crippen molar-refractivity contribution in [2.45, 2.75) is 0 Å². The monoisotopic (exact) mass is 418 g/mol. The lowest BCUT2D eigenvalue weighted by Gasteiger charge is -2.13. The highest BCUT2D eigenvalue weighted by atomic mass is 16.5. The summed E-state index contributed by atoms with van der Waals surface area (Å²) >= 11 is 0. The molecule has 0 heterocycles. The van der Waals surface area contributed by atoms with Gasteiger partial charge in [-0.3, -0.25) is 4.79 Å². The van der Waals surface area contributed by atoms with E-state index in [1.165, 1.54) is 39.5 Å². The fraction of sp³-hybridized carbons (Fsp3) is 0.120. The summed E-state index contributed by atoms with van der Waals surface area (Å²) in [5, 5.41) is 0. The third kappa shape index (κ3) is 5.30. The summed E-state index contributed by atoms with van der Waals surface area (Å²) in [4.78, 5) is 24.7. The van der Waals surface area contributed by atoms with E-state index in [-0.39, 0.29) is 11.3 Å². The maximum Gasteiger partial charge on any atom is 0.343 e. The van der Waals surface area contributed by atoms with Gasteiger partial charge in [0.1, 0.15) is 5.75 Å². The van der Waals surface area contributed by atoms with Crippen molar-refractivity contribution in [1.29, 1.82) is 0 Å². The van der Waals surface area contributed by atoms with Crippen LogP contribution in [0.25, 0.3) is 6.08 Å². The summed E-state index contributed by atoms with van der Waals surface area (Å²) in [7, 11) is 4.43. The van der Waals surface area contributed by atoms with Crippen LogP contribution in [0.15, 0.2) is 72.8 Å². The van der Waals surface area contributed by atoms with Gasteiger partial charge in [0.15, 0.2) is 17.3 Å². The van der Waals surface area contributed by atoms with Crippen LogP contribution >= 0.6 is 0 Å². The van der Waals surface area contributed by atoms with Crippen LogP contribution in [-0.4, -0.2) is 33.1 Å². The topological polar surface area (TPSA) is 71.1 Å². The van der Waals surface area contributed by atoms with E-state index in [0.29, 0.717) is 28.6 Å². The van der Waals surface area contributed by atoms with Crippen molar-refractivity contribution in [3.05, 3.63) is 89.5 Å². The van der Waals surface area contributed by atoms with E-state index < -0.39 is 5.97 Å². The van der Waals surface area contributed by atoms with Crippen LogP contribution < -0.4 is 18.9 Å². The zero-order valence-electron chi connectivity index (χ0n) is 17.5. The van der Waals surface area contributed by atoms with Crippen molar-refractivity contribution in [3.63, 3.8) is 0 Å². The van der Waals surface area contributed by atoms with Gasteiger partial charge >= 0.3 is 5.97 Å². The van der Waals surface area contributed by atoms with Crippen molar-refractivity contribution in [1.82, 2.24) is 0 Å². The lowest BCUT2D eigenvalue weighted by Crippen LogP contribution is -2.09. The van der Waals surface area contributed by atoms with Crippen molar-refractivity contribution in [2.24, 2.45) is 0 Å². The van der Waals surface area contributed by atoms with Crippen LogP contribution in [0.2, 0.25) is 0 Å². The molecule has 0 aliphatic heterocycles. The summed E-state index contributed by atoms with van der Waals surface area (Å²) in [6.07, 6.45) is 3.21. The highest BCUT2D eigenvalue weighted by Crippen LogP contribution is 2.38. The number of hydrogen-bond donors (Lipinski definition) is 0. The van der Waals surface area contributed by atoms with Crippen LogP contribution in [0.4, 0.5) is 0 Å². The molecule has 0 aliphatic rings. The van der Waals surface area contributed by atoms with E-state index in [0.717, 1.165) is 5.56 Å². The minimum atomic E-state index is -0.568. The zero-order valence-corrected chi connectivity index (χ0v) is 17.5. The van der Waals surface area contributed by atoms with Gasteiger partial charge in [-0.15, -0.1) is 0 Å². The summed E-state index contributed by atoms with van der Waals surface area (Å²) in [5.74, 6) is 0.822. The average molecular weight is 418 g/mol. The van der Waals surface area contributed by atoms with Crippen molar-refractivity contribution >= 4 is 17.8 Å². The summed E-state index contributed by atoms with van der Waals surface area (Å²) in [6, 6.07) is 18.9. The summed E-state index contributed by atoms with van der Waals surface area (Å²) < 4.78 is 21.2. The maximum atomic E-state index is 12.6. The van der Waals surface area contributed by atoms with Gasteiger partial charge in [-0.2, -0.15) is 0 Å². The normalized spacial score (nSPS) is 10.5. The van der Waals surface area contributed by atoms with Gasteiger partial charge in [-0.1, -0.05) is 48.5 Å². The first-order valence-electron chi connectivity index (χ1n) is 9.45. The Bertz CT molecular complexity index is 1060. The molecule has 0 N–H and O–H groups in total. The SMILES string of the molecule is COc1cc(C(=O)Oc2ccc(C=CC(=O)c3ccccc3)cc2)cc(OC)c1OC. The van der Waals surface area contributed by atoms with Gasteiger partial charge in [0.05, 0.1) is 26.9 Å². The molecule has 0 amide bonds. The highest BCUT2D eigenvalue weighted by Gasteiger charge is 2.18. The maximum absolute atomic E-state index is 12.6. The molecule has 0 atom stereocenters. The van der Waals surface area contributed by atoms with E-state index in [1.54, 1.807) is 42.5 Å². The molecule has 0 fully saturated rings. The standard InChI is InChI=1S/C25H22O6/c1-28-22-15-19(16-23(29-2)24(22)30-3)25(27)31-20-12-9-17(10-13-20)11-14-21(26)18-7-5-4-6-8-18/h4-16H,1-3H3. The van der Waals surface area contributed by atoms with E-state index >= 15 is 0 Å². The van der Waals surface area contributed by atoms with Gasteiger partial charge in [-0.05, 0) is 35.9 Å². The Morgan fingerprint density at radius 2 is 1.35 bits per heavy atom. The highest BCUT2D eigenvalue weighted by molar-refractivity contribution is 6.06. The predicted molar refractivity (Wildman–Crippen MR) is 117 cm³/mol. The van der Waals surface area contributed by atoms with Crippen LogP contribution in [0, 0.1) is 0 Å². The molecule has 158 valence electrons. The summed E-state index contributed by atoms with van der Waals surface area (Å²) in [6.45, 7) is 0. The van der Waals surface area contributed by atoms with Crippen LogP contribution in [0.5, 0.6) is 23.0 Å². The quantitative estimate of drug-likeness (QED) is 0.226. The average Bonchev–Trinajstić information content (AvgIpc) is 2.82. The minimum absolute atomic E-state index is 0.0847. The van der Waals surface area contributed by atoms with Crippen LogP contribution in [0.1, 0.15) is 26.3 Å². The number of hydrogen-bond acceptors (Lipinski definition) is 6. The Morgan fingerprint density at radius 1 is 0.742 bits per heavy atom. The fourth-order valence-electron chi connectivity index (χ4n) is 2.88. The molecule has 6 nitrogen and oxygen atoms in total. The smallest absolute Gasteiger partial charge is 0.343 e. The van der Waals surface area contributed by atoms with Crippen molar-refractivity contribution in [3.8, 4) is 23.0 Å². The van der Waals surface area contributed by atoms with Gasteiger partial charge < -0.3 is 18.9 Å². The van der Waals surface area contributed by atoms with Crippen molar-refractivity contribution < 1.29 is 28.5 Å². The largest absolute Gasteiger partial charge is 0.493 e. The number of carbonyl (C=O) groups excluding carboxylic acids is 2. The van der Waals surface area contributed by atoms with E-state index in [9.17, 15) is 9.59 Å². The lowest BCUT2D eigenvalue weighted by molar-refractivity contribution is 0.0733. The van der Waals surface area contributed by atoms with Crippen LogP contribution in [0.3, 0.4) is 0 Å². The Labute approximate surface area is 180 Å². The first-order valence-corrected chi connectivity index (χ1v) is 9.45. The number of benzene rings is 3. The first kappa shape index (κ1) is 21.6. The number of carbonyl (C=O) groups is 2. The Hall–Kier alpha value is -4.06. The lowest BCUT2D eigenvalue weighted by atomic mass is 10.1. The van der Waals surface area contributed by atoms with Crippen molar-refractivity contribution in [2.75, 3.05) is 21.3 Å². The first-order chi connectivity index (χ1) is 15.0. The number of allylic oxidation sites excluding steroid dienone is 1. The van der Waals surface area contributed by atoms with E-state index in [2.05, 4.69) is 0 Å². The number of ketones is 1. The molecule has 3 aromatic carbocycles. The molecule has 0 aromatic heterocycles. The van der Waals surface area contributed by atoms with Crippen LogP contribution in [-0.2, 0) is 0 Å². The van der Waals surface area contributed by atoms with E-state index in [4.69, 9.17) is 18.9 Å².